The molecule has 1 fully saturated rings. The lowest BCUT2D eigenvalue weighted by atomic mass is 10.0. The van der Waals surface area contributed by atoms with Crippen LogP contribution >= 0.6 is 23.5 Å². The summed E-state index contributed by atoms with van der Waals surface area (Å²) in [5.74, 6) is -1.38. The first kappa shape index (κ1) is 37.3. The first-order valence-electron chi connectivity index (χ1n) is 15.9. The maximum atomic E-state index is 14.0. The van der Waals surface area contributed by atoms with Crippen LogP contribution < -0.4 is 32.7 Å². The fourth-order valence-electron chi connectivity index (χ4n) is 5.09. The summed E-state index contributed by atoms with van der Waals surface area (Å²) in [5.41, 5.74) is 14.1. The number of nitrogens with two attached hydrogens (primary N) is 2. The molecule has 5 atom stereocenters. The molecule has 0 radical (unpaired) electrons. The predicted octanol–water partition coefficient (Wildman–Crippen LogP) is 0.652. The third kappa shape index (κ3) is 12.1. The van der Waals surface area contributed by atoms with Crippen molar-refractivity contribution in [3.63, 3.8) is 0 Å². The summed E-state index contributed by atoms with van der Waals surface area (Å²) in [5, 5.41) is 20.7. The highest BCUT2D eigenvalue weighted by molar-refractivity contribution is 8.03. The largest absolute Gasteiger partial charge is 0.508 e. The van der Waals surface area contributed by atoms with Gasteiger partial charge in [-0.3, -0.25) is 24.0 Å². The van der Waals surface area contributed by atoms with Gasteiger partial charge in [0.15, 0.2) is 0 Å². The van der Waals surface area contributed by atoms with E-state index in [1.54, 1.807) is 12.1 Å². The molecule has 1 heterocycles. The number of benzene rings is 3. The van der Waals surface area contributed by atoms with Gasteiger partial charge >= 0.3 is 0 Å². The Kier molecular flexibility index (Phi) is 14.4. The van der Waals surface area contributed by atoms with Gasteiger partial charge in [0, 0.05) is 35.9 Å². The summed E-state index contributed by atoms with van der Waals surface area (Å²) in [6.45, 7) is 0. The van der Waals surface area contributed by atoms with Crippen molar-refractivity contribution >= 4 is 53.1 Å². The van der Waals surface area contributed by atoms with Gasteiger partial charge in [-0.1, -0.05) is 72.8 Å². The number of carbonyl (C=O) groups is 5. The van der Waals surface area contributed by atoms with E-state index >= 15 is 0 Å². The lowest BCUT2D eigenvalue weighted by Gasteiger charge is -2.27. The van der Waals surface area contributed by atoms with E-state index in [1.807, 2.05) is 60.7 Å². The molecule has 9 N–H and O–H groups in total. The van der Waals surface area contributed by atoms with E-state index in [1.165, 1.54) is 35.7 Å². The minimum atomic E-state index is -1.12. The summed E-state index contributed by atoms with van der Waals surface area (Å²) >= 11 is 2.82. The summed E-state index contributed by atoms with van der Waals surface area (Å²) in [7, 11) is 0. The van der Waals surface area contributed by atoms with Crippen molar-refractivity contribution in [3.8, 4) is 5.75 Å². The Morgan fingerprint density at radius 1 is 0.735 bits per heavy atom. The van der Waals surface area contributed by atoms with Crippen molar-refractivity contribution in [1.29, 1.82) is 0 Å². The standard InChI is InChI=1S/C35H42N6O6S2/c36-26(17-24-11-13-25(42)14-12-24)32(44)41-30-21-49-16-15-48-20-29(31(37)43)40-34(46)28(19-23-9-5-2-6-10-23)38-33(45)27(39-35(30)47)18-22-7-3-1-4-8-22/h1-14,26-30,42H,15-21,36H2,(H2,37,43)(H,38,45)(H,39,47)(H,40,46)(H,41,44)/t26-,27-,28-,29+,30+/m0/s1. The minimum Gasteiger partial charge on any atom is -0.508 e. The van der Waals surface area contributed by atoms with Gasteiger partial charge in [0.1, 0.15) is 29.9 Å². The first-order valence-corrected chi connectivity index (χ1v) is 18.2. The highest BCUT2D eigenvalue weighted by Crippen LogP contribution is 2.14. The van der Waals surface area contributed by atoms with Crippen molar-refractivity contribution in [2.75, 3.05) is 23.0 Å². The van der Waals surface area contributed by atoms with Gasteiger partial charge in [0.05, 0.1) is 6.04 Å². The molecule has 0 unspecified atom stereocenters. The number of carbonyl (C=O) groups excluding carboxylic acids is 5. The average molecular weight is 707 g/mol. The van der Waals surface area contributed by atoms with Gasteiger partial charge in [-0.25, -0.2) is 0 Å². The van der Waals surface area contributed by atoms with E-state index in [-0.39, 0.29) is 36.5 Å². The summed E-state index contributed by atoms with van der Waals surface area (Å²) in [6.07, 6.45) is 0.402. The van der Waals surface area contributed by atoms with Crippen LogP contribution in [-0.2, 0) is 43.2 Å². The van der Waals surface area contributed by atoms with Crippen LogP contribution in [0.5, 0.6) is 5.75 Å². The molecule has 3 aromatic rings. The van der Waals surface area contributed by atoms with Crippen LogP contribution in [0.4, 0.5) is 0 Å². The Hall–Kier alpha value is -4.53. The van der Waals surface area contributed by atoms with Crippen molar-refractivity contribution < 1.29 is 29.1 Å². The van der Waals surface area contributed by atoms with E-state index in [0.717, 1.165) is 16.7 Å². The molecule has 0 bridgehead atoms. The van der Waals surface area contributed by atoms with Crippen molar-refractivity contribution in [2.24, 2.45) is 11.5 Å². The normalized spacial score (nSPS) is 21.8. The van der Waals surface area contributed by atoms with Crippen molar-refractivity contribution in [2.45, 2.75) is 49.5 Å². The molecular weight excluding hydrogens is 665 g/mol. The molecule has 1 saturated heterocycles. The molecule has 4 rings (SSSR count). The highest BCUT2D eigenvalue weighted by Gasteiger charge is 2.32. The molecule has 1 aliphatic rings. The number of phenolic OH excluding ortho intramolecular Hbond substituents is 1. The van der Waals surface area contributed by atoms with Gasteiger partial charge in [-0.15, -0.1) is 0 Å². The van der Waals surface area contributed by atoms with E-state index in [2.05, 4.69) is 21.3 Å². The number of hydrogen-bond acceptors (Lipinski definition) is 9. The average Bonchev–Trinajstić information content (AvgIpc) is 3.09. The maximum absolute atomic E-state index is 14.0. The summed E-state index contributed by atoms with van der Waals surface area (Å²) in [4.78, 5) is 66.9. The van der Waals surface area contributed by atoms with E-state index in [0.29, 0.717) is 11.5 Å². The van der Waals surface area contributed by atoms with Crippen molar-refractivity contribution in [3.05, 3.63) is 102 Å². The van der Waals surface area contributed by atoms with Gasteiger partial charge < -0.3 is 37.8 Å². The Balaban J connectivity index is 1.59. The molecule has 0 aliphatic carbocycles. The van der Waals surface area contributed by atoms with Crippen LogP contribution in [-0.4, -0.2) is 87.9 Å². The van der Waals surface area contributed by atoms with Crippen LogP contribution in [0, 0.1) is 0 Å². The van der Waals surface area contributed by atoms with Gasteiger partial charge in [-0.2, -0.15) is 23.5 Å². The monoisotopic (exact) mass is 706 g/mol. The molecule has 49 heavy (non-hydrogen) atoms. The quantitative estimate of drug-likeness (QED) is 0.167. The Morgan fingerprint density at radius 3 is 1.80 bits per heavy atom. The first-order chi connectivity index (χ1) is 23.6. The number of aromatic hydroxyl groups is 1. The van der Waals surface area contributed by atoms with Crippen LogP contribution in [0.1, 0.15) is 16.7 Å². The molecule has 3 aromatic carbocycles. The minimum absolute atomic E-state index is 0.0888. The fourth-order valence-corrected chi connectivity index (χ4v) is 7.32. The van der Waals surface area contributed by atoms with Crippen LogP contribution in [0.25, 0.3) is 0 Å². The molecule has 14 heteroatoms. The molecule has 260 valence electrons. The lowest BCUT2D eigenvalue weighted by molar-refractivity contribution is -0.134. The summed E-state index contributed by atoms with van der Waals surface area (Å²) in [6, 6.07) is 19.3. The summed E-state index contributed by atoms with van der Waals surface area (Å²) < 4.78 is 0. The number of amides is 5. The molecule has 0 spiro atoms. The van der Waals surface area contributed by atoms with Gasteiger partial charge in [-0.05, 0) is 35.2 Å². The Bertz CT molecular complexity index is 1560. The molecule has 12 nitrogen and oxygen atoms in total. The highest BCUT2D eigenvalue weighted by atomic mass is 32.2. The van der Waals surface area contributed by atoms with E-state index < -0.39 is 59.7 Å². The van der Waals surface area contributed by atoms with E-state index in [4.69, 9.17) is 11.5 Å². The third-order valence-electron chi connectivity index (χ3n) is 7.79. The molecule has 5 amide bonds. The molecule has 0 saturated carbocycles. The van der Waals surface area contributed by atoms with Gasteiger partial charge in [0.2, 0.25) is 29.5 Å². The number of primary amides is 1. The third-order valence-corrected chi connectivity index (χ3v) is 10.2. The van der Waals surface area contributed by atoms with E-state index in [9.17, 15) is 29.1 Å². The zero-order chi connectivity index (χ0) is 35.2. The number of nitrogens with one attached hydrogen (secondary N) is 4. The Morgan fingerprint density at radius 2 is 1.24 bits per heavy atom. The Labute approximate surface area is 293 Å². The van der Waals surface area contributed by atoms with Crippen molar-refractivity contribution in [1.82, 2.24) is 21.3 Å². The topological polar surface area (TPSA) is 206 Å². The molecular formula is C35H42N6O6S2. The molecule has 0 aromatic heterocycles. The smallest absolute Gasteiger partial charge is 0.244 e. The zero-order valence-corrected chi connectivity index (χ0v) is 28.5. The fraction of sp³-hybridized carbons (Fsp3) is 0.343. The van der Waals surface area contributed by atoms with Gasteiger partial charge in [0.25, 0.3) is 0 Å². The predicted molar refractivity (Wildman–Crippen MR) is 192 cm³/mol. The zero-order valence-electron chi connectivity index (χ0n) is 26.9. The maximum Gasteiger partial charge on any atom is 0.244 e. The number of phenols is 1. The van der Waals surface area contributed by atoms with Crippen LogP contribution in [0.2, 0.25) is 0 Å². The molecule has 1 aliphatic heterocycles. The van der Waals surface area contributed by atoms with Crippen LogP contribution in [0.15, 0.2) is 84.9 Å². The number of hydrogen-bond donors (Lipinski definition) is 7. The van der Waals surface area contributed by atoms with Crippen LogP contribution in [0.3, 0.4) is 0 Å². The second-order valence-corrected chi connectivity index (χ2v) is 14.0. The lowest BCUT2D eigenvalue weighted by Crippen LogP contribution is -2.60. The number of rotatable bonds is 9. The second kappa shape index (κ2) is 18.9. The second-order valence-electron chi connectivity index (χ2n) is 11.7. The SMILES string of the molecule is NC(=O)[C@H]1CSCCSC[C@@H](NC(=O)[C@@H](N)Cc2ccc(O)cc2)C(=O)N[C@@H](Cc2ccccc2)C(=O)N[C@@H](Cc2ccccc2)C(=O)N1. The number of thioether (sulfide) groups is 2.